The van der Waals surface area contributed by atoms with Crippen molar-refractivity contribution in [3.8, 4) is 0 Å². The van der Waals surface area contributed by atoms with E-state index in [1.165, 1.54) is 0 Å². The van der Waals surface area contributed by atoms with Gasteiger partial charge in [-0.2, -0.15) is 0 Å². The fourth-order valence-corrected chi connectivity index (χ4v) is 1.69. The van der Waals surface area contributed by atoms with E-state index >= 15 is 0 Å². The number of carbonyl (C=O) groups excluding carboxylic acids is 2. The Morgan fingerprint density at radius 2 is 2.32 bits per heavy atom. The van der Waals surface area contributed by atoms with Crippen molar-refractivity contribution in [2.45, 2.75) is 19.4 Å². The van der Waals surface area contributed by atoms with Crippen molar-refractivity contribution in [3.05, 3.63) is 23.5 Å². The number of aromatic nitrogens is 1. The highest BCUT2D eigenvalue weighted by Gasteiger charge is 2.10. The minimum atomic E-state index is -0.177. The first kappa shape index (κ1) is 14.7. The number of hydrogen-bond donors (Lipinski definition) is 4. The molecule has 0 aliphatic heterocycles. The van der Waals surface area contributed by atoms with Crippen molar-refractivity contribution in [2.24, 2.45) is 12.8 Å². The Kier molecular flexibility index (Phi) is 5.59. The maximum absolute atomic E-state index is 11.9. The lowest BCUT2D eigenvalue weighted by atomic mass is 10.2. The van der Waals surface area contributed by atoms with Crippen LogP contribution >= 0.6 is 0 Å². The van der Waals surface area contributed by atoms with Crippen LogP contribution < -0.4 is 16.4 Å². The van der Waals surface area contributed by atoms with Crippen molar-refractivity contribution < 1.29 is 9.59 Å². The monoisotopic (exact) mass is 265 g/mol. The minimum Gasteiger partial charge on any atom is -0.388 e. The second-order valence-corrected chi connectivity index (χ2v) is 4.23. The van der Waals surface area contributed by atoms with Gasteiger partial charge in [-0.15, -0.1) is 0 Å². The van der Waals surface area contributed by atoms with Gasteiger partial charge in [0.05, 0.1) is 5.84 Å². The Hall–Kier alpha value is -2.31. The van der Waals surface area contributed by atoms with E-state index in [2.05, 4.69) is 10.6 Å². The summed E-state index contributed by atoms with van der Waals surface area (Å²) in [5.41, 5.74) is 6.62. The molecule has 19 heavy (non-hydrogen) atoms. The van der Waals surface area contributed by atoms with Gasteiger partial charge in [0.1, 0.15) is 5.69 Å². The molecule has 1 rings (SSSR count). The number of aryl methyl sites for hydroxylation is 1. The minimum absolute atomic E-state index is 0.121. The first-order valence-electron chi connectivity index (χ1n) is 5.98. The molecular weight excluding hydrogens is 246 g/mol. The molecule has 0 atom stereocenters. The molecule has 1 aromatic heterocycles. The molecule has 0 spiro atoms. The van der Waals surface area contributed by atoms with E-state index in [0.29, 0.717) is 38.0 Å². The van der Waals surface area contributed by atoms with E-state index in [1.807, 2.05) is 0 Å². The predicted octanol–water partition coefficient (Wildman–Crippen LogP) is -0.283. The van der Waals surface area contributed by atoms with Gasteiger partial charge >= 0.3 is 0 Å². The van der Waals surface area contributed by atoms with Gasteiger partial charge in [-0.3, -0.25) is 15.0 Å². The van der Waals surface area contributed by atoms with Crippen molar-refractivity contribution in [2.75, 3.05) is 6.54 Å². The van der Waals surface area contributed by atoms with Gasteiger partial charge in [0.15, 0.2) is 0 Å². The van der Waals surface area contributed by atoms with Gasteiger partial charge < -0.3 is 20.9 Å². The molecule has 0 radical (unpaired) electrons. The quantitative estimate of drug-likeness (QED) is 0.224. The third kappa shape index (κ3) is 4.82. The first-order valence-corrected chi connectivity index (χ1v) is 5.98. The summed E-state index contributed by atoms with van der Waals surface area (Å²) in [6.45, 7) is 0.875. The highest BCUT2D eigenvalue weighted by atomic mass is 16.2. The second-order valence-electron chi connectivity index (χ2n) is 4.23. The van der Waals surface area contributed by atoms with Crippen LogP contribution in [0.3, 0.4) is 0 Å². The van der Waals surface area contributed by atoms with Gasteiger partial charge in [0.25, 0.3) is 5.91 Å². The van der Waals surface area contributed by atoms with E-state index in [9.17, 15) is 9.59 Å². The van der Waals surface area contributed by atoms with Gasteiger partial charge in [0, 0.05) is 32.8 Å². The molecule has 0 unspecified atom stereocenters. The first-order chi connectivity index (χ1) is 9.04. The summed E-state index contributed by atoms with van der Waals surface area (Å²) in [4.78, 5) is 22.1. The van der Waals surface area contributed by atoms with Gasteiger partial charge in [-0.25, -0.2) is 0 Å². The number of rotatable bonds is 8. The Morgan fingerprint density at radius 1 is 1.58 bits per heavy atom. The lowest BCUT2D eigenvalue weighted by Gasteiger charge is -2.05. The highest BCUT2D eigenvalue weighted by molar-refractivity contribution is 5.93. The van der Waals surface area contributed by atoms with E-state index in [1.54, 1.807) is 23.9 Å². The van der Waals surface area contributed by atoms with Gasteiger partial charge in [-0.05, 0) is 18.1 Å². The summed E-state index contributed by atoms with van der Waals surface area (Å²) >= 11 is 0. The summed E-state index contributed by atoms with van der Waals surface area (Å²) < 4.78 is 1.71. The zero-order valence-corrected chi connectivity index (χ0v) is 10.9. The second kappa shape index (κ2) is 7.20. The molecule has 0 aromatic carbocycles. The lowest BCUT2D eigenvalue weighted by molar-refractivity contribution is -0.109. The van der Waals surface area contributed by atoms with Crippen LogP contribution in [0, 0.1) is 5.41 Å². The average molecular weight is 265 g/mol. The highest BCUT2D eigenvalue weighted by Crippen LogP contribution is 2.07. The molecule has 1 aromatic rings. The van der Waals surface area contributed by atoms with E-state index in [0.717, 1.165) is 5.56 Å². The molecule has 2 amide bonds. The third-order valence-corrected chi connectivity index (χ3v) is 2.59. The maximum atomic E-state index is 11.9. The molecular formula is C12H19N5O2. The number of nitrogens with one attached hydrogen (secondary N) is 3. The number of nitrogens with zero attached hydrogens (tertiary/aromatic N) is 1. The predicted molar refractivity (Wildman–Crippen MR) is 71.8 cm³/mol. The average Bonchev–Trinajstić information content (AvgIpc) is 2.73. The van der Waals surface area contributed by atoms with E-state index in [4.69, 9.17) is 11.1 Å². The lowest BCUT2D eigenvalue weighted by Crippen LogP contribution is -2.27. The summed E-state index contributed by atoms with van der Waals surface area (Å²) in [6, 6.07) is 1.73. The molecule has 5 N–H and O–H groups in total. The van der Waals surface area contributed by atoms with Crippen molar-refractivity contribution in [1.82, 2.24) is 15.2 Å². The van der Waals surface area contributed by atoms with Gasteiger partial charge in [0.2, 0.25) is 6.41 Å². The van der Waals surface area contributed by atoms with Crippen LogP contribution in [-0.2, 0) is 18.4 Å². The molecule has 7 nitrogen and oxygen atoms in total. The Bertz CT molecular complexity index is 467. The molecule has 0 saturated carbocycles. The Balaban J connectivity index is 2.49. The molecule has 0 aliphatic rings. The largest absolute Gasteiger partial charge is 0.388 e. The van der Waals surface area contributed by atoms with Crippen molar-refractivity contribution in [1.29, 1.82) is 5.41 Å². The summed E-state index contributed by atoms with van der Waals surface area (Å²) in [5, 5.41) is 12.4. The topological polar surface area (TPSA) is 113 Å². The molecule has 7 heteroatoms. The Labute approximate surface area is 111 Å². The number of nitrogens with two attached hydrogens (primary N) is 1. The van der Waals surface area contributed by atoms with E-state index in [-0.39, 0.29) is 11.7 Å². The number of hydrogen-bond acceptors (Lipinski definition) is 3. The van der Waals surface area contributed by atoms with Crippen molar-refractivity contribution >= 4 is 18.2 Å². The number of amidine groups is 1. The van der Waals surface area contributed by atoms with E-state index < -0.39 is 0 Å². The van der Waals surface area contributed by atoms with Crippen LogP contribution in [0.2, 0.25) is 0 Å². The summed E-state index contributed by atoms with van der Waals surface area (Å²) in [5.74, 6) is -0.0567. The molecule has 0 saturated heterocycles. The zero-order valence-electron chi connectivity index (χ0n) is 10.9. The molecule has 0 bridgehead atoms. The number of amides is 2. The SMILES string of the molecule is Cn1cc(CNC=O)cc1C(=O)NCCCC(=N)N. The fraction of sp³-hybridized carbons (Fsp3) is 0.417. The molecule has 104 valence electrons. The smallest absolute Gasteiger partial charge is 0.267 e. The van der Waals surface area contributed by atoms with Crippen LogP contribution in [0.4, 0.5) is 0 Å². The van der Waals surface area contributed by atoms with Crippen molar-refractivity contribution in [3.63, 3.8) is 0 Å². The van der Waals surface area contributed by atoms with Crippen LogP contribution in [0.5, 0.6) is 0 Å². The third-order valence-electron chi connectivity index (χ3n) is 2.59. The molecule has 1 heterocycles. The van der Waals surface area contributed by atoms with Crippen LogP contribution in [0.1, 0.15) is 28.9 Å². The van der Waals surface area contributed by atoms with Crippen LogP contribution in [-0.4, -0.2) is 29.3 Å². The number of carbonyl (C=O) groups is 2. The van der Waals surface area contributed by atoms with Gasteiger partial charge in [-0.1, -0.05) is 0 Å². The summed E-state index contributed by atoms with van der Waals surface area (Å²) in [7, 11) is 1.77. The Morgan fingerprint density at radius 3 is 2.95 bits per heavy atom. The standard InChI is InChI=1S/C12H19N5O2/c1-17-7-9(6-15-8-18)5-10(17)12(19)16-4-2-3-11(13)14/h5,7-8H,2-4,6H2,1H3,(H3,13,14)(H,15,18)(H,16,19). The molecule has 0 aliphatic carbocycles. The fourth-order valence-electron chi connectivity index (χ4n) is 1.69. The van der Waals surface area contributed by atoms with Crippen LogP contribution in [0.25, 0.3) is 0 Å². The normalized spacial score (nSPS) is 9.95. The summed E-state index contributed by atoms with van der Waals surface area (Å²) in [6.07, 6.45) is 3.53. The molecule has 0 fully saturated rings. The maximum Gasteiger partial charge on any atom is 0.267 e. The van der Waals surface area contributed by atoms with Crippen LogP contribution in [0.15, 0.2) is 12.3 Å². The zero-order chi connectivity index (χ0) is 14.3.